The maximum absolute atomic E-state index is 5.99. The topological polar surface area (TPSA) is 81.2 Å². The first-order valence-corrected chi connectivity index (χ1v) is 11.6. The van der Waals surface area contributed by atoms with Crippen molar-refractivity contribution in [1.82, 2.24) is 19.7 Å². The van der Waals surface area contributed by atoms with Crippen LogP contribution in [0.3, 0.4) is 0 Å². The van der Waals surface area contributed by atoms with Gasteiger partial charge in [0.25, 0.3) is 0 Å². The number of benzene rings is 1. The van der Waals surface area contributed by atoms with Gasteiger partial charge in [-0.05, 0) is 81.0 Å². The van der Waals surface area contributed by atoms with Crippen LogP contribution in [-0.2, 0) is 36.2 Å². The second-order valence-corrected chi connectivity index (χ2v) is 9.96. The Labute approximate surface area is 197 Å². The summed E-state index contributed by atoms with van der Waals surface area (Å²) >= 11 is 0. The van der Waals surface area contributed by atoms with Crippen molar-refractivity contribution in [1.29, 1.82) is 0 Å². The maximum atomic E-state index is 5.99. The van der Waals surface area contributed by atoms with E-state index in [9.17, 15) is 0 Å². The Bertz CT molecular complexity index is 1110. The molecule has 7 nitrogen and oxygen atoms in total. The summed E-state index contributed by atoms with van der Waals surface area (Å²) in [7, 11) is 1.75. The molecule has 0 amide bonds. The van der Waals surface area contributed by atoms with Gasteiger partial charge in [0.1, 0.15) is 11.6 Å². The molecule has 33 heavy (non-hydrogen) atoms. The van der Waals surface area contributed by atoms with Crippen LogP contribution in [0.25, 0.3) is 0 Å². The lowest BCUT2D eigenvalue weighted by Crippen LogP contribution is -2.24. The zero-order chi connectivity index (χ0) is 23.6. The van der Waals surface area contributed by atoms with E-state index < -0.39 is 0 Å². The number of nitrogens with one attached hydrogen (secondary N) is 1. The van der Waals surface area contributed by atoms with Crippen LogP contribution in [0.5, 0.6) is 0 Å². The third-order valence-corrected chi connectivity index (χ3v) is 6.16. The van der Waals surface area contributed by atoms with E-state index in [4.69, 9.17) is 15.6 Å². The number of aryl methyl sites for hydroxylation is 3. The van der Waals surface area contributed by atoms with Gasteiger partial charge in [0.15, 0.2) is 0 Å². The lowest BCUT2D eigenvalue weighted by molar-refractivity contribution is 0.147. The molecule has 0 atom stereocenters. The summed E-state index contributed by atoms with van der Waals surface area (Å²) in [5.41, 5.74) is 12.9. The molecule has 0 unspecified atom stereocenters. The molecule has 0 saturated heterocycles. The summed E-state index contributed by atoms with van der Waals surface area (Å²) in [6, 6.07) is 10.4. The molecular weight excluding hydrogens is 412 g/mol. The summed E-state index contributed by atoms with van der Waals surface area (Å²) in [6.07, 6.45) is 3.76. The van der Waals surface area contributed by atoms with Crippen LogP contribution < -0.4 is 11.1 Å². The van der Waals surface area contributed by atoms with E-state index in [1.807, 2.05) is 12.3 Å². The molecule has 0 aliphatic carbocycles. The lowest BCUT2D eigenvalue weighted by Gasteiger charge is -2.22. The van der Waals surface area contributed by atoms with Crippen molar-refractivity contribution in [2.24, 2.45) is 0 Å². The van der Waals surface area contributed by atoms with Gasteiger partial charge in [-0.1, -0.05) is 6.07 Å². The first kappa shape index (κ1) is 23.3. The number of pyridine rings is 1. The molecule has 1 aliphatic heterocycles. The first-order chi connectivity index (χ1) is 15.7. The van der Waals surface area contributed by atoms with E-state index in [0.717, 1.165) is 62.1 Å². The highest BCUT2D eigenvalue weighted by atomic mass is 16.5. The fraction of sp³-hybridized carbons (Fsp3) is 0.462. The molecule has 2 aromatic heterocycles. The van der Waals surface area contributed by atoms with E-state index in [2.05, 4.69) is 71.8 Å². The van der Waals surface area contributed by atoms with Crippen molar-refractivity contribution in [2.45, 2.75) is 59.2 Å². The van der Waals surface area contributed by atoms with Gasteiger partial charge in [-0.25, -0.2) is 9.67 Å². The van der Waals surface area contributed by atoms with Crippen LogP contribution in [0.4, 0.5) is 17.3 Å². The van der Waals surface area contributed by atoms with Gasteiger partial charge in [-0.15, -0.1) is 0 Å². The third-order valence-electron chi connectivity index (χ3n) is 6.16. The van der Waals surface area contributed by atoms with Crippen LogP contribution in [0.15, 0.2) is 36.5 Å². The Morgan fingerprint density at radius 2 is 1.88 bits per heavy atom. The van der Waals surface area contributed by atoms with Gasteiger partial charge in [-0.2, -0.15) is 5.10 Å². The molecule has 0 radical (unpaired) electrons. The Morgan fingerprint density at radius 1 is 1.09 bits per heavy atom. The summed E-state index contributed by atoms with van der Waals surface area (Å²) in [4.78, 5) is 7.07. The number of nitrogens with two attached hydrogens (primary N) is 1. The molecule has 176 valence electrons. The molecule has 3 aromatic rings. The van der Waals surface area contributed by atoms with E-state index in [0.29, 0.717) is 0 Å². The first-order valence-electron chi connectivity index (χ1n) is 11.6. The van der Waals surface area contributed by atoms with E-state index in [1.54, 1.807) is 7.11 Å². The average Bonchev–Trinajstić information content (AvgIpc) is 3.36. The zero-order valence-corrected chi connectivity index (χ0v) is 20.5. The van der Waals surface area contributed by atoms with Crippen LogP contribution in [0.2, 0.25) is 0 Å². The zero-order valence-electron chi connectivity index (χ0n) is 20.5. The number of ether oxygens (including phenoxy) is 1. The number of hydrogen-bond acceptors (Lipinski definition) is 6. The standard InChI is InChI=1S/C26H36N6O/c1-18-6-8-22(27)12-19(18)7-9-23-14-25(32(30-23)26(2,3)4)29-24-13-20-16-31(10-11-33-5)17-21(20)15-28-24/h6,8,12-15H,7,9-11,16-17,27H2,1-5H3,(H,28,29). The van der Waals surface area contributed by atoms with Gasteiger partial charge < -0.3 is 15.8 Å². The smallest absolute Gasteiger partial charge is 0.131 e. The van der Waals surface area contributed by atoms with Gasteiger partial charge in [-0.3, -0.25) is 4.90 Å². The van der Waals surface area contributed by atoms with E-state index >= 15 is 0 Å². The van der Waals surface area contributed by atoms with Crippen LogP contribution >= 0.6 is 0 Å². The van der Waals surface area contributed by atoms with Crippen LogP contribution in [0, 0.1) is 6.92 Å². The Morgan fingerprint density at radius 3 is 2.64 bits per heavy atom. The van der Waals surface area contributed by atoms with Gasteiger partial charge in [0.05, 0.1) is 17.8 Å². The summed E-state index contributed by atoms with van der Waals surface area (Å²) in [6.45, 7) is 12.2. The van der Waals surface area contributed by atoms with Crippen molar-refractivity contribution in [3.05, 3.63) is 64.5 Å². The predicted molar refractivity (Wildman–Crippen MR) is 134 cm³/mol. The molecule has 0 saturated carbocycles. The number of fused-ring (bicyclic) bond motifs is 1. The number of anilines is 3. The molecule has 0 bridgehead atoms. The van der Waals surface area contributed by atoms with Crippen molar-refractivity contribution < 1.29 is 4.74 Å². The normalized spacial score (nSPS) is 14.0. The fourth-order valence-corrected chi connectivity index (χ4v) is 4.31. The SMILES string of the molecule is COCCN1Cc2cnc(Nc3cc(CCc4cc(N)ccc4C)nn3C(C)(C)C)cc2C1. The van der Waals surface area contributed by atoms with Crippen molar-refractivity contribution in [3.63, 3.8) is 0 Å². The minimum absolute atomic E-state index is 0.151. The average molecular weight is 449 g/mol. The quantitative estimate of drug-likeness (QED) is 0.497. The van der Waals surface area contributed by atoms with Crippen molar-refractivity contribution in [2.75, 3.05) is 31.3 Å². The molecule has 3 N–H and O–H groups in total. The van der Waals surface area contributed by atoms with Crippen LogP contribution in [-0.4, -0.2) is 39.9 Å². The molecule has 0 fully saturated rings. The van der Waals surface area contributed by atoms with Crippen molar-refractivity contribution >= 4 is 17.3 Å². The molecule has 7 heteroatoms. The number of methoxy groups -OCH3 is 1. The second-order valence-electron chi connectivity index (χ2n) is 9.96. The van der Waals surface area contributed by atoms with E-state index in [-0.39, 0.29) is 5.54 Å². The number of aromatic nitrogens is 3. The minimum Gasteiger partial charge on any atom is -0.399 e. The van der Waals surface area contributed by atoms with Gasteiger partial charge in [0, 0.05) is 44.7 Å². The largest absolute Gasteiger partial charge is 0.399 e. The predicted octanol–water partition coefficient (Wildman–Crippen LogP) is 4.41. The number of rotatable bonds is 8. The number of hydrogen-bond donors (Lipinski definition) is 2. The molecule has 1 aromatic carbocycles. The van der Waals surface area contributed by atoms with Gasteiger partial charge in [0.2, 0.25) is 0 Å². The Balaban J connectivity index is 1.51. The summed E-state index contributed by atoms with van der Waals surface area (Å²) in [5, 5.41) is 8.47. The fourth-order valence-electron chi connectivity index (χ4n) is 4.31. The van der Waals surface area contributed by atoms with Gasteiger partial charge >= 0.3 is 0 Å². The number of nitrogen functional groups attached to an aromatic ring is 1. The van der Waals surface area contributed by atoms with Crippen molar-refractivity contribution in [3.8, 4) is 0 Å². The summed E-state index contributed by atoms with van der Waals surface area (Å²) < 4.78 is 7.29. The monoisotopic (exact) mass is 448 g/mol. The molecular formula is C26H36N6O. The second kappa shape index (κ2) is 9.53. The third kappa shape index (κ3) is 5.54. The highest BCUT2D eigenvalue weighted by Gasteiger charge is 2.22. The molecule has 3 heterocycles. The lowest BCUT2D eigenvalue weighted by atomic mass is 10.0. The Kier molecular flexibility index (Phi) is 6.72. The highest BCUT2D eigenvalue weighted by Crippen LogP contribution is 2.28. The van der Waals surface area contributed by atoms with E-state index in [1.165, 1.54) is 22.3 Å². The minimum atomic E-state index is -0.151. The van der Waals surface area contributed by atoms with Crippen LogP contribution in [0.1, 0.15) is 48.7 Å². The Hall–Kier alpha value is -2.90. The summed E-state index contributed by atoms with van der Waals surface area (Å²) in [5.74, 6) is 1.81. The maximum Gasteiger partial charge on any atom is 0.131 e. The molecule has 1 aliphatic rings. The molecule has 4 rings (SSSR count). The number of nitrogens with zero attached hydrogens (tertiary/aromatic N) is 4. The highest BCUT2D eigenvalue weighted by molar-refractivity contribution is 5.55. The molecule has 0 spiro atoms.